The van der Waals surface area contributed by atoms with Crippen LogP contribution < -0.4 is 5.73 Å². The molecular formula is C10H7BrFIN4O. The molecule has 2 aromatic rings. The fraction of sp³-hybridized carbons (Fsp3) is 0. The van der Waals surface area contributed by atoms with Crippen molar-refractivity contribution in [3.8, 4) is 5.69 Å². The number of amidine groups is 1. The van der Waals surface area contributed by atoms with E-state index < -0.39 is 5.82 Å². The van der Waals surface area contributed by atoms with E-state index in [0.717, 1.165) is 3.57 Å². The first-order valence-electron chi connectivity index (χ1n) is 4.71. The summed E-state index contributed by atoms with van der Waals surface area (Å²) in [6.07, 6.45) is 3.31. The summed E-state index contributed by atoms with van der Waals surface area (Å²) in [7, 11) is 0. The number of nitrogens with zero attached hydrogens (tertiary/aromatic N) is 3. The Labute approximate surface area is 124 Å². The normalized spacial score (nSPS) is 11.8. The maximum Gasteiger partial charge on any atom is 0.171 e. The van der Waals surface area contributed by atoms with E-state index in [1.165, 1.54) is 10.7 Å². The van der Waals surface area contributed by atoms with Crippen molar-refractivity contribution in [3.63, 3.8) is 0 Å². The van der Waals surface area contributed by atoms with Gasteiger partial charge in [0.1, 0.15) is 5.69 Å². The van der Waals surface area contributed by atoms with Crippen LogP contribution in [-0.2, 0) is 0 Å². The number of halogens is 3. The van der Waals surface area contributed by atoms with Crippen LogP contribution in [0.4, 0.5) is 4.39 Å². The van der Waals surface area contributed by atoms with Crippen LogP contribution in [0.15, 0.2) is 34.2 Å². The van der Waals surface area contributed by atoms with Gasteiger partial charge in [0.25, 0.3) is 0 Å². The van der Waals surface area contributed by atoms with E-state index in [-0.39, 0.29) is 21.6 Å². The second-order valence-corrected chi connectivity index (χ2v) is 5.39. The summed E-state index contributed by atoms with van der Waals surface area (Å²) in [5.74, 6) is -0.694. The molecule has 0 fully saturated rings. The summed E-state index contributed by atoms with van der Waals surface area (Å²) in [6.45, 7) is 0. The summed E-state index contributed by atoms with van der Waals surface area (Å²) in [6, 6.07) is 3.06. The summed E-state index contributed by atoms with van der Waals surface area (Å²) in [5, 5.41) is 15.5. The molecule has 0 saturated heterocycles. The Morgan fingerprint density at radius 2 is 2.28 bits per heavy atom. The topological polar surface area (TPSA) is 76.4 Å². The van der Waals surface area contributed by atoms with Crippen LogP contribution >= 0.6 is 38.5 Å². The molecule has 3 N–H and O–H groups in total. The molecule has 5 nitrogen and oxygen atoms in total. The first-order valence-corrected chi connectivity index (χ1v) is 6.58. The number of benzene rings is 1. The molecule has 0 amide bonds. The SMILES string of the molecule is N/C(=N/O)c1ccc(-n2cc(I)cn2)c(F)c1Br. The highest BCUT2D eigenvalue weighted by molar-refractivity contribution is 14.1. The lowest BCUT2D eigenvalue weighted by Gasteiger charge is -2.08. The van der Waals surface area contributed by atoms with Crippen molar-refractivity contribution in [2.24, 2.45) is 10.9 Å². The van der Waals surface area contributed by atoms with Gasteiger partial charge < -0.3 is 10.9 Å². The Hall–Kier alpha value is -1.16. The van der Waals surface area contributed by atoms with Crippen molar-refractivity contribution in [1.29, 1.82) is 0 Å². The van der Waals surface area contributed by atoms with Crippen molar-refractivity contribution < 1.29 is 9.60 Å². The molecule has 0 aliphatic heterocycles. The van der Waals surface area contributed by atoms with Crippen LogP contribution in [0, 0.1) is 9.39 Å². The van der Waals surface area contributed by atoms with Gasteiger partial charge in [0.15, 0.2) is 11.7 Å². The van der Waals surface area contributed by atoms with E-state index in [9.17, 15) is 4.39 Å². The third-order valence-electron chi connectivity index (χ3n) is 2.24. The minimum atomic E-state index is -0.529. The first kappa shape index (κ1) is 13.3. The average Bonchev–Trinajstić information content (AvgIpc) is 2.78. The summed E-state index contributed by atoms with van der Waals surface area (Å²) in [4.78, 5) is 0. The van der Waals surface area contributed by atoms with Crippen LogP contribution in [0.3, 0.4) is 0 Å². The van der Waals surface area contributed by atoms with Crippen LogP contribution in [0.25, 0.3) is 5.69 Å². The minimum absolute atomic E-state index is 0.126. The van der Waals surface area contributed by atoms with Crippen LogP contribution in [0.5, 0.6) is 0 Å². The molecule has 0 saturated carbocycles. The van der Waals surface area contributed by atoms with E-state index in [0.29, 0.717) is 0 Å². The summed E-state index contributed by atoms with van der Waals surface area (Å²) < 4.78 is 16.6. The van der Waals surface area contributed by atoms with Crippen LogP contribution in [0.2, 0.25) is 0 Å². The molecule has 94 valence electrons. The quantitative estimate of drug-likeness (QED) is 0.255. The van der Waals surface area contributed by atoms with Gasteiger partial charge in [-0.05, 0) is 50.7 Å². The van der Waals surface area contributed by atoms with Crippen LogP contribution in [0.1, 0.15) is 5.56 Å². The zero-order valence-electron chi connectivity index (χ0n) is 8.81. The third-order valence-corrected chi connectivity index (χ3v) is 3.58. The Bertz CT molecular complexity index is 628. The van der Waals surface area contributed by atoms with Gasteiger partial charge in [0.2, 0.25) is 0 Å². The second kappa shape index (κ2) is 5.22. The van der Waals surface area contributed by atoms with Gasteiger partial charge >= 0.3 is 0 Å². The van der Waals surface area contributed by atoms with Gasteiger partial charge in [-0.3, -0.25) is 0 Å². The fourth-order valence-corrected chi connectivity index (χ4v) is 2.33. The lowest BCUT2D eigenvalue weighted by molar-refractivity contribution is 0.318. The number of nitrogens with two attached hydrogens (primary N) is 1. The zero-order chi connectivity index (χ0) is 13.3. The number of aromatic nitrogens is 2. The van der Waals surface area contributed by atoms with Crippen molar-refractivity contribution in [3.05, 3.63) is 43.9 Å². The molecule has 18 heavy (non-hydrogen) atoms. The number of oxime groups is 1. The highest BCUT2D eigenvalue weighted by Gasteiger charge is 2.15. The van der Waals surface area contributed by atoms with Gasteiger partial charge in [-0.2, -0.15) is 5.10 Å². The third kappa shape index (κ3) is 2.34. The number of hydrogen-bond acceptors (Lipinski definition) is 3. The molecule has 0 unspecified atom stereocenters. The van der Waals surface area contributed by atoms with Gasteiger partial charge in [0.05, 0.1) is 14.2 Å². The predicted octanol–water partition coefficient (Wildman–Crippen LogP) is 2.47. The molecule has 0 aliphatic rings. The van der Waals surface area contributed by atoms with E-state index in [4.69, 9.17) is 10.9 Å². The highest BCUT2D eigenvalue weighted by Crippen LogP contribution is 2.26. The molecule has 8 heteroatoms. The Morgan fingerprint density at radius 3 is 2.83 bits per heavy atom. The Kier molecular flexibility index (Phi) is 3.85. The molecule has 0 spiro atoms. The van der Waals surface area contributed by atoms with E-state index in [1.54, 1.807) is 18.5 Å². The lowest BCUT2D eigenvalue weighted by atomic mass is 10.2. The van der Waals surface area contributed by atoms with Crippen molar-refractivity contribution in [2.45, 2.75) is 0 Å². The Balaban J connectivity index is 2.57. The van der Waals surface area contributed by atoms with Gasteiger partial charge in [-0.25, -0.2) is 9.07 Å². The van der Waals surface area contributed by atoms with E-state index in [1.807, 2.05) is 0 Å². The largest absolute Gasteiger partial charge is 0.409 e. The molecule has 0 bridgehead atoms. The minimum Gasteiger partial charge on any atom is -0.409 e. The molecule has 2 rings (SSSR count). The average molecular weight is 425 g/mol. The smallest absolute Gasteiger partial charge is 0.171 e. The van der Waals surface area contributed by atoms with Crippen molar-refractivity contribution >= 4 is 44.4 Å². The molecule has 1 heterocycles. The maximum absolute atomic E-state index is 14.2. The lowest BCUT2D eigenvalue weighted by Crippen LogP contribution is -2.15. The van der Waals surface area contributed by atoms with Gasteiger partial charge in [0, 0.05) is 11.8 Å². The second-order valence-electron chi connectivity index (χ2n) is 3.35. The maximum atomic E-state index is 14.2. The molecule has 0 aliphatic carbocycles. The molecule has 1 aromatic heterocycles. The van der Waals surface area contributed by atoms with Gasteiger partial charge in [-0.1, -0.05) is 5.16 Å². The van der Waals surface area contributed by atoms with Crippen molar-refractivity contribution in [1.82, 2.24) is 9.78 Å². The molecule has 1 aromatic carbocycles. The van der Waals surface area contributed by atoms with Crippen LogP contribution in [-0.4, -0.2) is 20.8 Å². The number of rotatable bonds is 2. The monoisotopic (exact) mass is 424 g/mol. The standard InChI is InChI=1S/C10H7BrFIN4O/c11-8-6(10(14)16-18)1-2-7(9(8)12)17-4-5(13)3-15-17/h1-4,18H,(H2,14,16). The number of hydrogen-bond donors (Lipinski definition) is 2. The highest BCUT2D eigenvalue weighted by atomic mass is 127. The first-order chi connectivity index (χ1) is 8.54. The fourth-order valence-electron chi connectivity index (χ4n) is 1.40. The Morgan fingerprint density at radius 1 is 1.56 bits per heavy atom. The molecule has 0 atom stereocenters. The zero-order valence-corrected chi connectivity index (χ0v) is 12.6. The van der Waals surface area contributed by atoms with E-state index >= 15 is 0 Å². The molecular weight excluding hydrogens is 418 g/mol. The van der Waals surface area contributed by atoms with E-state index in [2.05, 4.69) is 48.8 Å². The van der Waals surface area contributed by atoms with Crippen molar-refractivity contribution in [2.75, 3.05) is 0 Å². The van der Waals surface area contributed by atoms with Gasteiger partial charge in [-0.15, -0.1) is 0 Å². The summed E-state index contributed by atoms with van der Waals surface area (Å²) in [5.41, 5.74) is 5.99. The molecule has 0 radical (unpaired) electrons. The summed E-state index contributed by atoms with van der Waals surface area (Å²) >= 11 is 5.17. The predicted molar refractivity (Wildman–Crippen MR) is 76.4 cm³/mol.